The molecule has 0 unspecified atom stereocenters. The molecule has 1 aliphatic heterocycles. The molecule has 0 aromatic heterocycles. The van der Waals surface area contributed by atoms with Gasteiger partial charge in [-0.3, -0.25) is 9.59 Å². The number of amides is 1. The fourth-order valence-electron chi connectivity index (χ4n) is 3.39. The molecule has 1 aliphatic rings. The Labute approximate surface area is 176 Å². The van der Waals surface area contributed by atoms with Gasteiger partial charge < -0.3 is 14.4 Å². The smallest absolute Gasteiger partial charge is 0.253 e. The lowest BCUT2D eigenvalue weighted by Gasteiger charge is -2.32. The van der Waals surface area contributed by atoms with Gasteiger partial charge in [0.25, 0.3) is 5.91 Å². The number of halogens is 1. The van der Waals surface area contributed by atoms with Gasteiger partial charge in [-0.15, -0.1) is 0 Å². The van der Waals surface area contributed by atoms with Crippen LogP contribution in [0.2, 0.25) is 5.02 Å². The van der Waals surface area contributed by atoms with Gasteiger partial charge in [0.2, 0.25) is 0 Å². The van der Waals surface area contributed by atoms with Gasteiger partial charge in [0.15, 0.2) is 5.78 Å². The minimum atomic E-state index is -0.00618. The van der Waals surface area contributed by atoms with Crippen molar-refractivity contribution >= 4 is 23.3 Å². The summed E-state index contributed by atoms with van der Waals surface area (Å²) in [7, 11) is 1.62. The number of hydrogen-bond donors (Lipinski definition) is 0. The van der Waals surface area contributed by atoms with E-state index in [1.807, 2.05) is 29.2 Å². The first kappa shape index (κ1) is 21.3. The molecule has 0 bridgehead atoms. The highest BCUT2D eigenvalue weighted by Crippen LogP contribution is 2.22. The molecule has 2 aromatic rings. The van der Waals surface area contributed by atoms with E-state index in [2.05, 4.69) is 0 Å². The van der Waals surface area contributed by atoms with Gasteiger partial charge in [0, 0.05) is 62.2 Å². The van der Waals surface area contributed by atoms with Crippen molar-refractivity contribution in [1.29, 1.82) is 0 Å². The summed E-state index contributed by atoms with van der Waals surface area (Å²) in [5, 5.41) is 0.681. The molecule has 2 aromatic carbocycles. The second kappa shape index (κ2) is 10.4. The quantitative estimate of drug-likeness (QED) is 0.465. The molecular weight excluding hydrogens is 390 g/mol. The van der Waals surface area contributed by atoms with Crippen LogP contribution in [0.1, 0.15) is 46.4 Å². The van der Waals surface area contributed by atoms with Crippen LogP contribution in [0.3, 0.4) is 0 Å². The monoisotopic (exact) mass is 415 g/mol. The standard InChI is InChI=1S/C23H26ClNO4/c1-28-16-2-3-22(26)17-4-6-18(7-5-17)23(27)25-14-12-21(13-15-25)29-20-10-8-19(24)9-11-20/h4-11,21H,2-3,12-16H2,1H3. The highest BCUT2D eigenvalue weighted by atomic mass is 35.5. The van der Waals surface area contributed by atoms with Crippen LogP contribution in [-0.4, -0.2) is 49.5 Å². The van der Waals surface area contributed by atoms with E-state index in [-0.39, 0.29) is 17.8 Å². The van der Waals surface area contributed by atoms with Crippen molar-refractivity contribution in [3.63, 3.8) is 0 Å². The van der Waals surface area contributed by atoms with Crippen molar-refractivity contribution in [2.75, 3.05) is 26.8 Å². The van der Waals surface area contributed by atoms with E-state index in [0.29, 0.717) is 48.7 Å². The first-order chi connectivity index (χ1) is 14.1. The Morgan fingerprint density at radius 3 is 2.24 bits per heavy atom. The highest BCUT2D eigenvalue weighted by molar-refractivity contribution is 6.30. The molecule has 0 saturated carbocycles. The predicted octanol–water partition coefficient (Wildman–Crippen LogP) is 4.63. The van der Waals surface area contributed by atoms with Crippen molar-refractivity contribution in [3.8, 4) is 5.75 Å². The molecule has 1 saturated heterocycles. The van der Waals surface area contributed by atoms with E-state index in [0.717, 1.165) is 18.6 Å². The van der Waals surface area contributed by atoms with Crippen LogP contribution in [0.5, 0.6) is 5.75 Å². The number of likely N-dealkylation sites (tertiary alicyclic amines) is 1. The SMILES string of the molecule is COCCCC(=O)c1ccc(C(=O)N2CCC(Oc3ccc(Cl)cc3)CC2)cc1. The molecule has 154 valence electrons. The Hall–Kier alpha value is -2.37. The maximum atomic E-state index is 12.8. The van der Waals surface area contributed by atoms with E-state index in [9.17, 15) is 9.59 Å². The van der Waals surface area contributed by atoms with Crippen molar-refractivity contribution < 1.29 is 19.1 Å². The van der Waals surface area contributed by atoms with Crippen LogP contribution >= 0.6 is 11.6 Å². The van der Waals surface area contributed by atoms with E-state index in [1.165, 1.54) is 0 Å². The molecule has 29 heavy (non-hydrogen) atoms. The minimum Gasteiger partial charge on any atom is -0.490 e. The normalized spacial score (nSPS) is 14.6. The number of piperidine rings is 1. The maximum absolute atomic E-state index is 12.8. The molecule has 1 amide bonds. The summed E-state index contributed by atoms with van der Waals surface area (Å²) < 4.78 is 11.0. The van der Waals surface area contributed by atoms with Gasteiger partial charge in [-0.05, 0) is 42.8 Å². The Morgan fingerprint density at radius 1 is 1.00 bits per heavy atom. The van der Waals surface area contributed by atoms with Crippen molar-refractivity contribution in [3.05, 3.63) is 64.7 Å². The number of nitrogens with zero attached hydrogens (tertiary/aromatic N) is 1. The molecule has 6 heteroatoms. The summed E-state index contributed by atoms with van der Waals surface area (Å²) >= 11 is 5.90. The third-order valence-corrected chi connectivity index (χ3v) is 5.30. The van der Waals surface area contributed by atoms with Gasteiger partial charge in [-0.25, -0.2) is 0 Å². The van der Waals surface area contributed by atoms with Crippen molar-refractivity contribution in [1.82, 2.24) is 4.90 Å². The third kappa shape index (κ3) is 6.05. The van der Waals surface area contributed by atoms with Crippen LogP contribution < -0.4 is 4.74 Å². The molecule has 0 spiro atoms. The number of methoxy groups -OCH3 is 1. The van der Waals surface area contributed by atoms with Crippen molar-refractivity contribution in [2.45, 2.75) is 31.8 Å². The molecular formula is C23H26ClNO4. The summed E-state index contributed by atoms with van der Waals surface area (Å²) in [5.74, 6) is 0.861. The van der Waals surface area contributed by atoms with E-state index >= 15 is 0 Å². The Morgan fingerprint density at radius 2 is 1.62 bits per heavy atom. The summed E-state index contributed by atoms with van der Waals surface area (Å²) in [6.07, 6.45) is 2.80. The molecule has 1 fully saturated rings. The first-order valence-electron chi connectivity index (χ1n) is 9.90. The highest BCUT2D eigenvalue weighted by Gasteiger charge is 2.24. The average Bonchev–Trinajstić information content (AvgIpc) is 2.75. The predicted molar refractivity (Wildman–Crippen MR) is 113 cm³/mol. The first-order valence-corrected chi connectivity index (χ1v) is 10.3. The van der Waals surface area contributed by atoms with Crippen LogP contribution in [0.25, 0.3) is 0 Å². The van der Waals surface area contributed by atoms with Crippen LogP contribution in [-0.2, 0) is 4.74 Å². The van der Waals surface area contributed by atoms with Gasteiger partial charge >= 0.3 is 0 Å². The maximum Gasteiger partial charge on any atom is 0.253 e. The zero-order chi connectivity index (χ0) is 20.6. The molecule has 3 rings (SSSR count). The summed E-state index contributed by atoms with van der Waals surface area (Å²) in [6.45, 7) is 1.86. The van der Waals surface area contributed by atoms with Crippen molar-refractivity contribution in [2.24, 2.45) is 0 Å². The number of Topliss-reactive ketones (excluding diaryl/α,β-unsaturated/α-hetero) is 1. The van der Waals surface area contributed by atoms with E-state index in [4.69, 9.17) is 21.1 Å². The average molecular weight is 416 g/mol. The number of ether oxygens (including phenoxy) is 2. The van der Waals surface area contributed by atoms with E-state index in [1.54, 1.807) is 31.4 Å². The Bertz CT molecular complexity index is 812. The fourth-order valence-corrected chi connectivity index (χ4v) is 3.51. The number of carbonyl (C=O) groups is 2. The summed E-state index contributed by atoms with van der Waals surface area (Å²) in [6, 6.07) is 14.3. The number of benzene rings is 2. The second-order valence-corrected chi connectivity index (χ2v) is 7.60. The molecule has 0 atom stereocenters. The van der Waals surface area contributed by atoms with Gasteiger partial charge in [0.05, 0.1) is 0 Å². The Kier molecular flexibility index (Phi) is 7.67. The molecule has 0 radical (unpaired) electrons. The second-order valence-electron chi connectivity index (χ2n) is 7.16. The van der Waals surface area contributed by atoms with Gasteiger partial charge in [0.1, 0.15) is 11.9 Å². The largest absolute Gasteiger partial charge is 0.490 e. The number of rotatable bonds is 8. The lowest BCUT2D eigenvalue weighted by Crippen LogP contribution is -2.41. The molecule has 0 aliphatic carbocycles. The number of carbonyl (C=O) groups excluding carboxylic acids is 2. The number of hydrogen-bond acceptors (Lipinski definition) is 4. The lowest BCUT2D eigenvalue weighted by molar-refractivity contribution is 0.0595. The molecule has 0 N–H and O–H groups in total. The zero-order valence-electron chi connectivity index (χ0n) is 16.6. The summed E-state index contributed by atoms with van der Waals surface area (Å²) in [5.41, 5.74) is 1.24. The molecule has 5 nitrogen and oxygen atoms in total. The topological polar surface area (TPSA) is 55.8 Å². The zero-order valence-corrected chi connectivity index (χ0v) is 17.4. The number of ketones is 1. The van der Waals surface area contributed by atoms with Crippen LogP contribution in [0.15, 0.2) is 48.5 Å². The van der Waals surface area contributed by atoms with Gasteiger partial charge in [-0.1, -0.05) is 23.7 Å². The van der Waals surface area contributed by atoms with Crippen LogP contribution in [0, 0.1) is 0 Å². The Balaban J connectivity index is 1.49. The summed E-state index contributed by atoms with van der Waals surface area (Å²) in [4.78, 5) is 26.7. The van der Waals surface area contributed by atoms with Gasteiger partial charge in [-0.2, -0.15) is 0 Å². The fraction of sp³-hybridized carbons (Fsp3) is 0.391. The lowest BCUT2D eigenvalue weighted by atomic mass is 10.0. The third-order valence-electron chi connectivity index (χ3n) is 5.05. The minimum absolute atomic E-state index is 0.00618. The van der Waals surface area contributed by atoms with E-state index < -0.39 is 0 Å². The van der Waals surface area contributed by atoms with Crippen LogP contribution in [0.4, 0.5) is 0 Å². The molecule has 1 heterocycles.